The summed E-state index contributed by atoms with van der Waals surface area (Å²) < 4.78 is 6.25. The van der Waals surface area contributed by atoms with E-state index in [1.165, 1.54) is 0 Å². The zero-order valence-electron chi connectivity index (χ0n) is 15.7. The SMILES string of the molecule is O=c1cc(-c2ccccc2)oc2cc(-c3ccccc3)cc(-c3ccccc3)c12. The topological polar surface area (TPSA) is 30.2 Å². The number of hydrogen-bond donors (Lipinski definition) is 0. The van der Waals surface area contributed by atoms with Crippen LogP contribution in [0, 0.1) is 0 Å². The standard InChI is InChI=1S/C27H18O2/c28-24-18-25(21-14-8-3-9-15-21)29-26-17-22(19-10-4-1-5-11-19)16-23(27(24)26)20-12-6-2-7-13-20/h1-18H. The third kappa shape index (κ3) is 3.26. The van der Waals surface area contributed by atoms with Crippen molar-refractivity contribution in [3.8, 4) is 33.6 Å². The molecule has 0 radical (unpaired) electrons. The fourth-order valence-electron chi connectivity index (χ4n) is 3.68. The predicted octanol–water partition coefficient (Wildman–Crippen LogP) is 6.79. The van der Waals surface area contributed by atoms with Gasteiger partial charge in [-0.15, -0.1) is 0 Å². The summed E-state index contributed by atoms with van der Waals surface area (Å²) in [5, 5.41) is 0.607. The van der Waals surface area contributed by atoms with Gasteiger partial charge in [0.05, 0.1) is 5.39 Å². The fourth-order valence-corrected chi connectivity index (χ4v) is 3.68. The van der Waals surface area contributed by atoms with Crippen LogP contribution >= 0.6 is 0 Å². The zero-order chi connectivity index (χ0) is 19.6. The van der Waals surface area contributed by atoms with Gasteiger partial charge in [0.1, 0.15) is 11.3 Å². The Balaban J connectivity index is 1.84. The van der Waals surface area contributed by atoms with Crippen molar-refractivity contribution in [2.24, 2.45) is 0 Å². The van der Waals surface area contributed by atoms with Crippen LogP contribution in [0.4, 0.5) is 0 Å². The van der Waals surface area contributed by atoms with E-state index in [0.29, 0.717) is 16.7 Å². The predicted molar refractivity (Wildman–Crippen MR) is 119 cm³/mol. The van der Waals surface area contributed by atoms with Crippen molar-refractivity contribution in [2.45, 2.75) is 0 Å². The molecule has 0 N–H and O–H groups in total. The van der Waals surface area contributed by atoms with Crippen molar-refractivity contribution in [3.63, 3.8) is 0 Å². The number of rotatable bonds is 3. The van der Waals surface area contributed by atoms with E-state index < -0.39 is 0 Å². The van der Waals surface area contributed by atoms with E-state index >= 15 is 0 Å². The molecule has 0 amide bonds. The zero-order valence-corrected chi connectivity index (χ0v) is 15.7. The second-order valence-electron chi connectivity index (χ2n) is 6.97. The summed E-state index contributed by atoms with van der Waals surface area (Å²) >= 11 is 0. The summed E-state index contributed by atoms with van der Waals surface area (Å²) in [6, 6.07) is 35.5. The first kappa shape index (κ1) is 17.2. The van der Waals surface area contributed by atoms with Gasteiger partial charge in [-0.25, -0.2) is 0 Å². The molecule has 4 aromatic carbocycles. The molecule has 5 rings (SSSR count). The van der Waals surface area contributed by atoms with Gasteiger partial charge in [0.25, 0.3) is 0 Å². The molecule has 2 nitrogen and oxygen atoms in total. The molecule has 138 valence electrons. The molecule has 0 atom stereocenters. The average molecular weight is 374 g/mol. The minimum Gasteiger partial charge on any atom is -0.456 e. The summed E-state index contributed by atoms with van der Waals surface area (Å²) in [7, 11) is 0. The normalized spacial score (nSPS) is 10.9. The third-order valence-corrected chi connectivity index (χ3v) is 5.08. The van der Waals surface area contributed by atoms with Crippen LogP contribution in [0.1, 0.15) is 0 Å². The number of fused-ring (bicyclic) bond motifs is 1. The van der Waals surface area contributed by atoms with Gasteiger partial charge in [-0.1, -0.05) is 91.0 Å². The summed E-state index contributed by atoms with van der Waals surface area (Å²) in [5.74, 6) is 0.576. The highest BCUT2D eigenvalue weighted by atomic mass is 16.3. The minimum atomic E-state index is -0.0384. The maximum absolute atomic E-state index is 13.2. The number of hydrogen-bond acceptors (Lipinski definition) is 2. The first-order valence-corrected chi connectivity index (χ1v) is 9.58. The molecule has 0 aliphatic heterocycles. The van der Waals surface area contributed by atoms with Gasteiger partial charge < -0.3 is 4.42 Å². The smallest absolute Gasteiger partial charge is 0.193 e. The van der Waals surface area contributed by atoms with Crippen molar-refractivity contribution in [2.75, 3.05) is 0 Å². The van der Waals surface area contributed by atoms with Gasteiger partial charge in [-0.05, 0) is 34.4 Å². The molecule has 0 spiro atoms. The molecule has 0 aliphatic rings. The molecule has 0 saturated heterocycles. The lowest BCUT2D eigenvalue weighted by molar-refractivity contribution is 0.619. The lowest BCUT2D eigenvalue weighted by atomic mass is 9.95. The van der Waals surface area contributed by atoms with Crippen LogP contribution < -0.4 is 5.43 Å². The molecule has 1 aromatic heterocycles. The van der Waals surface area contributed by atoms with E-state index in [9.17, 15) is 4.79 Å². The Hall–Kier alpha value is -3.91. The average Bonchev–Trinajstić information content (AvgIpc) is 2.80. The van der Waals surface area contributed by atoms with Gasteiger partial charge in [0.15, 0.2) is 5.43 Å². The van der Waals surface area contributed by atoms with Gasteiger partial charge in [0.2, 0.25) is 0 Å². The Kier molecular flexibility index (Phi) is 4.30. The highest BCUT2D eigenvalue weighted by Gasteiger charge is 2.14. The lowest BCUT2D eigenvalue weighted by Gasteiger charge is -2.11. The van der Waals surface area contributed by atoms with Gasteiger partial charge in [0, 0.05) is 11.6 Å². The maximum atomic E-state index is 13.2. The molecule has 0 bridgehead atoms. The van der Waals surface area contributed by atoms with Crippen molar-refractivity contribution in [1.29, 1.82) is 0 Å². The van der Waals surface area contributed by atoms with E-state index in [1.54, 1.807) is 6.07 Å². The van der Waals surface area contributed by atoms with Crippen LogP contribution in [-0.2, 0) is 0 Å². The Bertz CT molecular complexity index is 1330. The molecular formula is C27H18O2. The summed E-state index contributed by atoms with van der Waals surface area (Å²) in [5.41, 5.74) is 5.42. The first-order chi connectivity index (χ1) is 14.3. The van der Waals surface area contributed by atoms with Crippen molar-refractivity contribution < 1.29 is 4.42 Å². The summed E-state index contributed by atoms with van der Waals surface area (Å²) in [6.07, 6.45) is 0. The summed E-state index contributed by atoms with van der Waals surface area (Å²) in [6.45, 7) is 0. The molecule has 0 unspecified atom stereocenters. The lowest BCUT2D eigenvalue weighted by Crippen LogP contribution is -2.03. The van der Waals surface area contributed by atoms with Crippen molar-refractivity contribution in [3.05, 3.63) is 119 Å². The van der Waals surface area contributed by atoms with E-state index in [0.717, 1.165) is 27.8 Å². The second kappa shape index (κ2) is 7.25. The fraction of sp³-hybridized carbons (Fsp3) is 0. The molecule has 0 fully saturated rings. The van der Waals surface area contributed by atoms with E-state index in [2.05, 4.69) is 18.2 Å². The van der Waals surface area contributed by atoms with Crippen molar-refractivity contribution in [1.82, 2.24) is 0 Å². The van der Waals surface area contributed by atoms with Gasteiger partial charge >= 0.3 is 0 Å². The highest BCUT2D eigenvalue weighted by molar-refractivity contribution is 5.97. The van der Waals surface area contributed by atoms with Gasteiger partial charge in [-0.2, -0.15) is 0 Å². The van der Waals surface area contributed by atoms with Crippen LogP contribution in [0.2, 0.25) is 0 Å². The quantitative estimate of drug-likeness (QED) is 0.348. The van der Waals surface area contributed by atoms with Crippen LogP contribution in [0.5, 0.6) is 0 Å². The molecule has 0 saturated carbocycles. The van der Waals surface area contributed by atoms with Gasteiger partial charge in [-0.3, -0.25) is 4.79 Å². The molecule has 29 heavy (non-hydrogen) atoms. The highest BCUT2D eigenvalue weighted by Crippen LogP contribution is 2.34. The Morgan fingerprint density at radius 1 is 0.517 bits per heavy atom. The third-order valence-electron chi connectivity index (χ3n) is 5.08. The minimum absolute atomic E-state index is 0.0384. The van der Waals surface area contributed by atoms with Crippen LogP contribution in [0.15, 0.2) is 118 Å². The summed E-state index contributed by atoms with van der Waals surface area (Å²) in [4.78, 5) is 13.2. The van der Waals surface area contributed by atoms with Crippen LogP contribution in [0.3, 0.4) is 0 Å². The number of benzene rings is 4. The Morgan fingerprint density at radius 2 is 1.07 bits per heavy atom. The molecule has 2 heteroatoms. The van der Waals surface area contributed by atoms with E-state index in [-0.39, 0.29) is 5.43 Å². The maximum Gasteiger partial charge on any atom is 0.193 e. The van der Waals surface area contributed by atoms with E-state index in [1.807, 2.05) is 84.9 Å². The largest absolute Gasteiger partial charge is 0.456 e. The molecule has 1 heterocycles. The van der Waals surface area contributed by atoms with Crippen LogP contribution in [-0.4, -0.2) is 0 Å². The Morgan fingerprint density at radius 3 is 1.69 bits per heavy atom. The first-order valence-electron chi connectivity index (χ1n) is 9.58. The second-order valence-corrected chi connectivity index (χ2v) is 6.97. The van der Waals surface area contributed by atoms with Crippen molar-refractivity contribution >= 4 is 11.0 Å². The molecule has 0 aliphatic carbocycles. The molecular weight excluding hydrogens is 356 g/mol. The monoisotopic (exact) mass is 374 g/mol. The van der Waals surface area contributed by atoms with E-state index in [4.69, 9.17) is 4.42 Å². The Labute approximate surface area is 168 Å². The molecule has 5 aromatic rings. The van der Waals surface area contributed by atoms with Crippen LogP contribution in [0.25, 0.3) is 44.5 Å².